The van der Waals surface area contributed by atoms with Crippen LogP contribution in [0.2, 0.25) is 0 Å². The van der Waals surface area contributed by atoms with Crippen molar-refractivity contribution in [3.05, 3.63) is 24.5 Å². The largest absolute Gasteiger partial charge is 0.459 e. The van der Waals surface area contributed by atoms with Crippen LogP contribution in [-0.4, -0.2) is 12.4 Å². The van der Waals surface area contributed by atoms with Crippen molar-refractivity contribution in [3.63, 3.8) is 0 Å². The zero-order valence-electron chi connectivity index (χ0n) is 5.19. The van der Waals surface area contributed by atoms with Crippen molar-refractivity contribution in [1.29, 1.82) is 0 Å². The van der Waals surface area contributed by atoms with Crippen LogP contribution in [0.4, 0.5) is 4.79 Å². The number of primary amides is 1. The van der Waals surface area contributed by atoms with Gasteiger partial charge in [0.15, 0.2) is 0 Å². The van der Waals surface area contributed by atoms with Gasteiger partial charge in [0.05, 0.1) is 6.26 Å². The fraction of sp³-hybridized carbons (Fsp3) is 0.167. The van der Waals surface area contributed by atoms with Crippen LogP contribution in [0.15, 0.2) is 24.5 Å². The molecule has 0 saturated carbocycles. The van der Waals surface area contributed by atoms with Crippen molar-refractivity contribution in [1.82, 2.24) is 0 Å². The summed E-state index contributed by atoms with van der Waals surface area (Å²) in [6, 6.07) is 0. The highest BCUT2D eigenvalue weighted by Gasteiger charge is 2.07. The lowest BCUT2D eigenvalue weighted by atomic mass is 10.4. The summed E-state index contributed by atoms with van der Waals surface area (Å²) in [4.78, 5) is 10.1. The van der Waals surface area contributed by atoms with E-state index in [0.717, 1.165) is 0 Å². The summed E-state index contributed by atoms with van der Waals surface area (Å²) in [6.07, 6.45) is 4.88. The van der Waals surface area contributed by atoms with Gasteiger partial charge in [0.2, 0.25) is 0 Å². The highest BCUT2D eigenvalue weighted by molar-refractivity contribution is 5.64. The molecule has 4 nitrogen and oxygen atoms in total. The van der Waals surface area contributed by atoms with Gasteiger partial charge in [-0.2, -0.15) is 0 Å². The fourth-order valence-electron chi connectivity index (χ4n) is 0.550. The van der Waals surface area contributed by atoms with E-state index in [-0.39, 0.29) is 0 Å². The van der Waals surface area contributed by atoms with Gasteiger partial charge >= 0.3 is 6.09 Å². The number of allylic oxidation sites excluding steroid dienone is 2. The van der Waals surface area contributed by atoms with Gasteiger partial charge in [-0.15, -0.1) is 0 Å². The second kappa shape index (κ2) is 2.91. The van der Waals surface area contributed by atoms with Crippen LogP contribution in [0.1, 0.15) is 0 Å². The monoisotopic (exact) mass is 141 g/mol. The van der Waals surface area contributed by atoms with Crippen molar-refractivity contribution in [2.45, 2.75) is 6.29 Å². The fourth-order valence-corrected chi connectivity index (χ4v) is 0.550. The first-order chi connectivity index (χ1) is 4.79. The standard InChI is InChI=1S/C6H7NO3/c7-6(8)10-5-3-1-2-4-9-5/h1-5H,(H2,7,8)/t5-/m1/s1. The molecular formula is C6H7NO3. The zero-order valence-corrected chi connectivity index (χ0v) is 5.19. The van der Waals surface area contributed by atoms with Crippen LogP contribution in [0.25, 0.3) is 0 Å². The second-order valence-corrected chi connectivity index (χ2v) is 1.65. The van der Waals surface area contributed by atoms with E-state index in [2.05, 4.69) is 4.74 Å². The quantitative estimate of drug-likeness (QED) is 0.578. The highest BCUT2D eigenvalue weighted by Crippen LogP contribution is 2.02. The molecule has 0 saturated heterocycles. The Morgan fingerprint density at radius 1 is 1.60 bits per heavy atom. The van der Waals surface area contributed by atoms with Gasteiger partial charge in [-0.3, -0.25) is 0 Å². The smallest absolute Gasteiger partial charge is 0.407 e. The topological polar surface area (TPSA) is 61.6 Å². The summed E-state index contributed by atoms with van der Waals surface area (Å²) in [5, 5.41) is 0. The van der Waals surface area contributed by atoms with E-state index < -0.39 is 12.4 Å². The average molecular weight is 141 g/mol. The summed E-state index contributed by atoms with van der Waals surface area (Å²) >= 11 is 0. The first kappa shape index (κ1) is 6.67. The third-order valence-corrected chi connectivity index (χ3v) is 0.903. The summed E-state index contributed by atoms with van der Waals surface area (Å²) in [5.41, 5.74) is 4.72. The highest BCUT2D eigenvalue weighted by atomic mass is 16.7. The molecule has 1 aliphatic rings. The van der Waals surface area contributed by atoms with Crippen molar-refractivity contribution in [2.24, 2.45) is 5.73 Å². The maximum absolute atomic E-state index is 10.1. The molecule has 0 bridgehead atoms. The molecular weight excluding hydrogens is 134 g/mol. The molecule has 1 rings (SSSR count). The minimum Gasteiger partial charge on any atom is -0.459 e. The molecule has 0 aromatic carbocycles. The molecule has 2 N–H and O–H groups in total. The van der Waals surface area contributed by atoms with Crippen molar-refractivity contribution in [3.8, 4) is 0 Å². The normalized spacial score (nSPS) is 21.8. The number of hydrogen-bond donors (Lipinski definition) is 1. The number of carbonyl (C=O) groups is 1. The maximum atomic E-state index is 10.1. The molecule has 1 amide bonds. The Morgan fingerprint density at radius 3 is 2.90 bits per heavy atom. The Labute approximate surface area is 57.9 Å². The van der Waals surface area contributed by atoms with Crippen LogP contribution >= 0.6 is 0 Å². The van der Waals surface area contributed by atoms with E-state index in [1.165, 1.54) is 6.26 Å². The molecule has 0 aromatic heterocycles. The van der Waals surface area contributed by atoms with Crippen LogP contribution in [0.5, 0.6) is 0 Å². The van der Waals surface area contributed by atoms with E-state index in [4.69, 9.17) is 10.5 Å². The average Bonchev–Trinajstić information content (AvgIpc) is 1.88. The molecule has 4 heteroatoms. The van der Waals surface area contributed by atoms with E-state index in [9.17, 15) is 4.79 Å². The number of rotatable bonds is 1. The number of ether oxygens (including phenoxy) is 2. The Balaban J connectivity index is 2.37. The van der Waals surface area contributed by atoms with Crippen molar-refractivity contribution >= 4 is 6.09 Å². The number of hydrogen-bond acceptors (Lipinski definition) is 3. The first-order valence-corrected chi connectivity index (χ1v) is 2.74. The summed E-state index contributed by atoms with van der Waals surface area (Å²) in [5.74, 6) is 0. The van der Waals surface area contributed by atoms with Crippen molar-refractivity contribution in [2.75, 3.05) is 0 Å². The molecule has 0 fully saturated rings. The molecule has 54 valence electrons. The molecule has 1 aliphatic heterocycles. The van der Waals surface area contributed by atoms with Crippen molar-refractivity contribution < 1.29 is 14.3 Å². The minimum atomic E-state index is -0.843. The maximum Gasteiger partial charge on any atom is 0.407 e. The van der Waals surface area contributed by atoms with Gasteiger partial charge in [0.1, 0.15) is 0 Å². The lowest BCUT2D eigenvalue weighted by Crippen LogP contribution is -2.22. The van der Waals surface area contributed by atoms with Gasteiger partial charge in [0.25, 0.3) is 6.29 Å². The Morgan fingerprint density at radius 2 is 2.40 bits per heavy atom. The predicted molar refractivity (Wildman–Crippen MR) is 33.8 cm³/mol. The van der Waals surface area contributed by atoms with Gasteiger partial charge in [-0.05, 0) is 12.2 Å². The predicted octanol–water partition coefficient (Wildman–Crippen LogP) is 0.508. The summed E-state index contributed by atoms with van der Waals surface area (Å²) in [6.45, 7) is 0. The lowest BCUT2D eigenvalue weighted by Gasteiger charge is -2.13. The third-order valence-electron chi connectivity index (χ3n) is 0.903. The molecule has 0 aliphatic carbocycles. The van der Waals surface area contributed by atoms with Gasteiger partial charge in [0, 0.05) is 0 Å². The van der Waals surface area contributed by atoms with E-state index in [1.54, 1.807) is 18.2 Å². The number of carbonyl (C=O) groups excluding carboxylic acids is 1. The molecule has 0 unspecified atom stereocenters. The van der Waals surface area contributed by atoms with Gasteiger partial charge < -0.3 is 15.2 Å². The Kier molecular flexibility index (Phi) is 1.94. The molecule has 0 radical (unpaired) electrons. The van der Waals surface area contributed by atoms with Crippen LogP contribution in [0, 0.1) is 0 Å². The number of amides is 1. The van der Waals surface area contributed by atoms with E-state index in [1.807, 2.05) is 0 Å². The Hall–Kier alpha value is -1.45. The molecule has 1 atom stereocenters. The minimum absolute atomic E-state index is 0.664. The first-order valence-electron chi connectivity index (χ1n) is 2.74. The summed E-state index contributed by atoms with van der Waals surface area (Å²) in [7, 11) is 0. The van der Waals surface area contributed by atoms with Gasteiger partial charge in [-0.1, -0.05) is 6.08 Å². The van der Waals surface area contributed by atoms with Crippen LogP contribution < -0.4 is 5.73 Å². The van der Waals surface area contributed by atoms with Gasteiger partial charge in [-0.25, -0.2) is 4.79 Å². The molecule has 10 heavy (non-hydrogen) atoms. The summed E-state index contributed by atoms with van der Waals surface area (Å²) < 4.78 is 9.27. The lowest BCUT2D eigenvalue weighted by molar-refractivity contribution is -0.0245. The molecule has 0 aromatic rings. The zero-order chi connectivity index (χ0) is 7.40. The third kappa shape index (κ3) is 1.81. The second-order valence-electron chi connectivity index (χ2n) is 1.65. The van der Waals surface area contributed by atoms with E-state index >= 15 is 0 Å². The molecule has 0 spiro atoms. The number of nitrogens with two attached hydrogens (primary N) is 1. The molecule has 1 heterocycles. The van der Waals surface area contributed by atoms with Crippen LogP contribution in [-0.2, 0) is 9.47 Å². The SMILES string of the molecule is NC(=O)O[C@@H]1C=CC=CO1. The van der Waals surface area contributed by atoms with E-state index in [0.29, 0.717) is 0 Å². The Bertz CT molecular complexity index is 185. The van der Waals surface area contributed by atoms with Crippen LogP contribution in [0.3, 0.4) is 0 Å².